The molecule has 1 aliphatic rings. The summed E-state index contributed by atoms with van der Waals surface area (Å²) in [7, 11) is 0. The molecule has 0 amide bonds. The second-order valence-corrected chi connectivity index (χ2v) is 5.47. The maximum atomic E-state index is 10.9. The van der Waals surface area contributed by atoms with Gasteiger partial charge in [0, 0.05) is 19.2 Å². The third kappa shape index (κ3) is 4.05. The van der Waals surface area contributed by atoms with Gasteiger partial charge in [0.05, 0.1) is 6.42 Å². The lowest BCUT2D eigenvalue weighted by molar-refractivity contribution is -0.136. The fraction of sp³-hybridized carbons (Fsp3) is 0.562. The molecule has 110 valence electrons. The number of aliphatic hydroxyl groups excluding tert-OH is 1. The third-order valence-electron chi connectivity index (χ3n) is 4.03. The molecule has 4 heteroatoms. The molecule has 0 bridgehead atoms. The number of hydrogen-bond donors (Lipinski definition) is 2. The van der Waals surface area contributed by atoms with Gasteiger partial charge in [0.1, 0.15) is 0 Å². The van der Waals surface area contributed by atoms with E-state index in [4.69, 9.17) is 10.2 Å². The van der Waals surface area contributed by atoms with Gasteiger partial charge < -0.3 is 10.2 Å². The molecule has 1 fully saturated rings. The molecule has 1 unspecified atom stereocenters. The van der Waals surface area contributed by atoms with Crippen LogP contribution < -0.4 is 0 Å². The molecular weight excluding hydrogens is 254 g/mol. The Morgan fingerprint density at radius 2 is 2.05 bits per heavy atom. The van der Waals surface area contributed by atoms with Crippen LogP contribution in [0.3, 0.4) is 0 Å². The number of carboxylic acids is 1. The molecule has 1 atom stereocenters. The minimum Gasteiger partial charge on any atom is -0.481 e. The molecule has 20 heavy (non-hydrogen) atoms. The fourth-order valence-electron chi connectivity index (χ4n) is 3.02. The van der Waals surface area contributed by atoms with Crippen LogP contribution in [0.2, 0.25) is 0 Å². The SMILES string of the molecule is O=C(O)Cc1ccccc1CN1CCCC1CCCO. The fourth-order valence-corrected chi connectivity index (χ4v) is 3.02. The number of aliphatic hydroxyl groups is 1. The largest absolute Gasteiger partial charge is 0.481 e. The second kappa shape index (κ2) is 7.41. The van der Waals surface area contributed by atoms with Crippen molar-refractivity contribution in [2.24, 2.45) is 0 Å². The van der Waals surface area contributed by atoms with E-state index >= 15 is 0 Å². The minimum atomic E-state index is -0.782. The van der Waals surface area contributed by atoms with Gasteiger partial charge in [-0.25, -0.2) is 0 Å². The topological polar surface area (TPSA) is 60.8 Å². The Bertz CT molecular complexity index is 447. The minimum absolute atomic E-state index is 0.0886. The molecule has 1 aromatic carbocycles. The van der Waals surface area contributed by atoms with E-state index in [-0.39, 0.29) is 13.0 Å². The number of rotatable bonds is 7. The summed E-state index contributed by atoms with van der Waals surface area (Å²) in [5, 5.41) is 17.9. The third-order valence-corrected chi connectivity index (χ3v) is 4.03. The standard InChI is InChI=1S/C16H23NO3/c18-10-4-8-15-7-3-9-17(15)12-14-6-2-1-5-13(14)11-16(19)20/h1-2,5-6,15,18H,3-4,7-12H2,(H,19,20). The Balaban J connectivity index is 2.03. The smallest absolute Gasteiger partial charge is 0.307 e. The lowest BCUT2D eigenvalue weighted by Gasteiger charge is -2.25. The number of aliphatic carboxylic acids is 1. The first kappa shape index (κ1) is 15.0. The van der Waals surface area contributed by atoms with Crippen LogP contribution in [0.1, 0.15) is 36.8 Å². The molecule has 1 aromatic rings. The Morgan fingerprint density at radius 3 is 2.75 bits per heavy atom. The molecule has 0 saturated carbocycles. The molecule has 2 rings (SSSR count). The summed E-state index contributed by atoms with van der Waals surface area (Å²) in [5.74, 6) is -0.782. The Morgan fingerprint density at radius 1 is 1.30 bits per heavy atom. The van der Waals surface area contributed by atoms with Gasteiger partial charge >= 0.3 is 5.97 Å². The molecule has 0 aromatic heterocycles. The van der Waals surface area contributed by atoms with Gasteiger partial charge in [-0.2, -0.15) is 0 Å². The average molecular weight is 277 g/mol. The van der Waals surface area contributed by atoms with E-state index in [1.54, 1.807) is 0 Å². The summed E-state index contributed by atoms with van der Waals surface area (Å²) in [6.07, 6.45) is 4.33. The highest BCUT2D eigenvalue weighted by atomic mass is 16.4. The van der Waals surface area contributed by atoms with E-state index in [1.807, 2.05) is 24.3 Å². The number of carboxylic acid groups (broad SMARTS) is 1. The summed E-state index contributed by atoms with van der Waals surface area (Å²) in [6.45, 7) is 2.14. The first-order valence-corrected chi connectivity index (χ1v) is 7.34. The van der Waals surface area contributed by atoms with Crippen LogP contribution >= 0.6 is 0 Å². The van der Waals surface area contributed by atoms with E-state index < -0.39 is 5.97 Å². The quantitative estimate of drug-likeness (QED) is 0.801. The van der Waals surface area contributed by atoms with Gasteiger partial charge in [-0.05, 0) is 43.4 Å². The zero-order valence-electron chi connectivity index (χ0n) is 11.8. The van der Waals surface area contributed by atoms with Gasteiger partial charge in [-0.15, -0.1) is 0 Å². The Labute approximate surface area is 120 Å². The van der Waals surface area contributed by atoms with Crippen LogP contribution in [0.25, 0.3) is 0 Å². The second-order valence-electron chi connectivity index (χ2n) is 5.47. The first-order chi connectivity index (χ1) is 9.70. The van der Waals surface area contributed by atoms with Crippen molar-refractivity contribution in [3.8, 4) is 0 Å². The molecule has 1 aliphatic heterocycles. The Hall–Kier alpha value is -1.39. The number of carbonyl (C=O) groups is 1. The van der Waals surface area contributed by atoms with E-state index in [0.29, 0.717) is 6.04 Å². The zero-order chi connectivity index (χ0) is 14.4. The molecule has 2 N–H and O–H groups in total. The normalized spacial score (nSPS) is 19.4. The predicted octanol–water partition coefficient (Wildman–Crippen LogP) is 2.05. The van der Waals surface area contributed by atoms with Crippen molar-refractivity contribution in [3.05, 3.63) is 35.4 Å². The van der Waals surface area contributed by atoms with E-state index in [0.717, 1.165) is 37.1 Å². The highest BCUT2D eigenvalue weighted by Gasteiger charge is 2.24. The molecular formula is C16H23NO3. The highest BCUT2D eigenvalue weighted by Crippen LogP contribution is 2.24. The molecule has 1 heterocycles. The molecule has 4 nitrogen and oxygen atoms in total. The van der Waals surface area contributed by atoms with Crippen LogP contribution in [0, 0.1) is 0 Å². The van der Waals surface area contributed by atoms with Crippen molar-refractivity contribution < 1.29 is 15.0 Å². The number of nitrogens with zero attached hydrogens (tertiary/aromatic N) is 1. The molecule has 0 radical (unpaired) electrons. The first-order valence-electron chi connectivity index (χ1n) is 7.34. The maximum absolute atomic E-state index is 10.9. The monoisotopic (exact) mass is 277 g/mol. The van der Waals surface area contributed by atoms with Crippen molar-refractivity contribution in [1.29, 1.82) is 0 Å². The van der Waals surface area contributed by atoms with Crippen molar-refractivity contribution >= 4 is 5.97 Å². The summed E-state index contributed by atoms with van der Waals surface area (Å²) >= 11 is 0. The number of hydrogen-bond acceptors (Lipinski definition) is 3. The van der Waals surface area contributed by atoms with Gasteiger partial charge in [-0.3, -0.25) is 9.69 Å². The molecule has 0 aliphatic carbocycles. The van der Waals surface area contributed by atoms with E-state index in [1.165, 1.54) is 12.8 Å². The average Bonchev–Trinajstić information content (AvgIpc) is 2.85. The van der Waals surface area contributed by atoms with Gasteiger partial charge in [-0.1, -0.05) is 24.3 Å². The van der Waals surface area contributed by atoms with Crippen LogP contribution in [0.4, 0.5) is 0 Å². The zero-order valence-corrected chi connectivity index (χ0v) is 11.8. The van der Waals surface area contributed by atoms with Crippen LogP contribution in [0.15, 0.2) is 24.3 Å². The highest BCUT2D eigenvalue weighted by molar-refractivity contribution is 5.70. The Kier molecular flexibility index (Phi) is 5.56. The predicted molar refractivity (Wildman–Crippen MR) is 77.5 cm³/mol. The van der Waals surface area contributed by atoms with Crippen LogP contribution in [-0.2, 0) is 17.8 Å². The van der Waals surface area contributed by atoms with Crippen molar-refractivity contribution in [3.63, 3.8) is 0 Å². The summed E-state index contributed by atoms with van der Waals surface area (Å²) in [4.78, 5) is 13.3. The lowest BCUT2D eigenvalue weighted by Crippen LogP contribution is -2.29. The maximum Gasteiger partial charge on any atom is 0.307 e. The molecule has 1 saturated heterocycles. The van der Waals surface area contributed by atoms with Gasteiger partial charge in [0.15, 0.2) is 0 Å². The summed E-state index contributed by atoms with van der Waals surface area (Å²) < 4.78 is 0. The van der Waals surface area contributed by atoms with Gasteiger partial charge in [0.2, 0.25) is 0 Å². The van der Waals surface area contributed by atoms with Crippen LogP contribution in [-0.4, -0.2) is 40.3 Å². The summed E-state index contributed by atoms with van der Waals surface area (Å²) in [5.41, 5.74) is 2.03. The van der Waals surface area contributed by atoms with Gasteiger partial charge in [0.25, 0.3) is 0 Å². The number of benzene rings is 1. The van der Waals surface area contributed by atoms with Crippen molar-refractivity contribution in [2.75, 3.05) is 13.2 Å². The van der Waals surface area contributed by atoms with Crippen molar-refractivity contribution in [2.45, 2.75) is 44.7 Å². The van der Waals surface area contributed by atoms with E-state index in [2.05, 4.69) is 4.90 Å². The lowest BCUT2D eigenvalue weighted by atomic mass is 10.0. The summed E-state index contributed by atoms with van der Waals surface area (Å²) in [6, 6.07) is 8.33. The van der Waals surface area contributed by atoms with Crippen LogP contribution in [0.5, 0.6) is 0 Å². The number of likely N-dealkylation sites (tertiary alicyclic amines) is 1. The van der Waals surface area contributed by atoms with E-state index in [9.17, 15) is 4.79 Å². The molecule has 0 spiro atoms. The van der Waals surface area contributed by atoms with Crippen molar-refractivity contribution in [1.82, 2.24) is 4.90 Å².